The number of anilines is 1. The molecule has 1 heterocycles. The molecule has 0 bridgehead atoms. The lowest BCUT2D eigenvalue weighted by molar-refractivity contribution is -0.123. The first kappa shape index (κ1) is 11.9. The van der Waals surface area contributed by atoms with E-state index >= 15 is 0 Å². The highest BCUT2D eigenvalue weighted by Gasteiger charge is 2.23. The van der Waals surface area contributed by atoms with Crippen molar-refractivity contribution in [1.82, 2.24) is 5.32 Å². The van der Waals surface area contributed by atoms with E-state index in [1.165, 1.54) is 17.0 Å². The first-order valence-corrected chi connectivity index (χ1v) is 5.48. The number of rotatable bonds is 1. The Morgan fingerprint density at radius 1 is 1.35 bits per heavy atom. The van der Waals surface area contributed by atoms with Gasteiger partial charge in [-0.15, -0.1) is 0 Å². The summed E-state index contributed by atoms with van der Waals surface area (Å²) >= 11 is 5.88. The van der Waals surface area contributed by atoms with Gasteiger partial charge in [0.2, 0.25) is 11.8 Å². The van der Waals surface area contributed by atoms with Crippen molar-refractivity contribution < 1.29 is 14.0 Å². The van der Waals surface area contributed by atoms with Gasteiger partial charge in [0, 0.05) is 13.0 Å². The Balaban J connectivity index is 2.31. The molecule has 1 aromatic rings. The highest BCUT2D eigenvalue weighted by molar-refractivity contribution is 6.33. The van der Waals surface area contributed by atoms with Crippen LogP contribution in [-0.4, -0.2) is 24.9 Å². The number of carbonyl (C=O) groups is 2. The van der Waals surface area contributed by atoms with E-state index in [4.69, 9.17) is 11.6 Å². The van der Waals surface area contributed by atoms with Gasteiger partial charge in [0.25, 0.3) is 0 Å². The number of carbonyl (C=O) groups excluding carboxylic acids is 2. The van der Waals surface area contributed by atoms with Crippen molar-refractivity contribution in [2.45, 2.75) is 6.42 Å². The van der Waals surface area contributed by atoms with Crippen LogP contribution in [0.2, 0.25) is 5.02 Å². The van der Waals surface area contributed by atoms with Gasteiger partial charge in [0.05, 0.1) is 17.3 Å². The largest absolute Gasteiger partial charge is 0.347 e. The van der Waals surface area contributed by atoms with Crippen molar-refractivity contribution in [3.63, 3.8) is 0 Å². The van der Waals surface area contributed by atoms with Gasteiger partial charge in [-0.1, -0.05) is 11.6 Å². The molecule has 0 spiro atoms. The van der Waals surface area contributed by atoms with Gasteiger partial charge < -0.3 is 10.2 Å². The number of halogens is 2. The van der Waals surface area contributed by atoms with Crippen LogP contribution in [-0.2, 0) is 9.59 Å². The van der Waals surface area contributed by atoms with E-state index in [9.17, 15) is 14.0 Å². The molecule has 1 aromatic carbocycles. The Bertz CT molecular complexity index is 479. The van der Waals surface area contributed by atoms with Crippen molar-refractivity contribution in [2.75, 3.05) is 18.0 Å². The lowest BCUT2D eigenvalue weighted by Gasteiger charge is -2.20. The minimum absolute atomic E-state index is 0.0630. The predicted molar refractivity (Wildman–Crippen MR) is 61.4 cm³/mol. The molecule has 1 aliphatic heterocycles. The minimum atomic E-state index is -0.463. The van der Waals surface area contributed by atoms with Gasteiger partial charge in [0.15, 0.2) is 0 Å². The molecule has 1 fully saturated rings. The fraction of sp³-hybridized carbons (Fsp3) is 0.273. The van der Waals surface area contributed by atoms with Crippen LogP contribution < -0.4 is 10.2 Å². The Labute approximate surface area is 102 Å². The molecule has 0 atom stereocenters. The lowest BCUT2D eigenvalue weighted by Crippen LogP contribution is -2.35. The van der Waals surface area contributed by atoms with Gasteiger partial charge in [-0.05, 0) is 18.2 Å². The van der Waals surface area contributed by atoms with Crippen LogP contribution >= 0.6 is 11.6 Å². The number of benzene rings is 1. The Kier molecular flexibility index (Phi) is 3.28. The van der Waals surface area contributed by atoms with Crippen molar-refractivity contribution in [3.05, 3.63) is 29.0 Å². The minimum Gasteiger partial charge on any atom is -0.347 e. The van der Waals surface area contributed by atoms with E-state index in [2.05, 4.69) is 5.32 Å². The number of nitrogens with one attached hydrogen (secondary N) is 1. The molecular weight excluding hydrogens is 247 g/mol. The zero-order chi connectivity index (χ0) is 12.4. The number of amides is 2. The topological polar surface area (TPSA) is 49.4 Å². The third-order valence-corrected chi connectivity index (χ3v) is 2.80. The number of hydrogen-bond acceptors (Lipinski definition) is 2. The van der Waals surface area contributed by atoms with Gasteiger partial charge in [-0.2, -0.15) is 0 Å². The fourth-order valence-electron chi connectivity index (χ4n) is 1.65. The standard InChI is InChI=1S/C11H10ClFN2O2/c12-8-5-7(13)1-2-9(8)15-4-3-10(16)14-6-11(15)17/h1-2,5H,3-4,6H2,(H,14,16). The van der Waals surface area contributed by atoms with Gasteiger partial charge in [0.1, 0.15) is 5.82 Å². The molecule has 1 N–H and O–H groups in total. The molecule has 0 unspecified atom stereocenters. The summed E-state index contributed by atoms with van der Waals surface area (Å²) in [7, 11) is 0. The monoisotopic (exact) mass is 256 g/mol. The van der Waals surface area contributed by atoms with E-state index in [0.29, 0.717) is 5.69 Å². The Morgan fingerprint density at radius 2 is 2.12 bits per heavy atom. The average Bonchev–Trinajstić information content (AvgIpc) is 2.43. The van der Waals surface area contributed by atoms with Gasteiger partial charge in [-0.3, -0.25) is 9.59 Å². The Hall–Kier alpha value is -1.62. The zero-order valence-electron chi connectivity index (χ0n) is 8.87. The second-order valence-electron chi connectivity index (χ2n) is 3.67. The zero-order valence-corrected chi connectivity index (χ0v) is 9.63. The summed E-state index contributed by atoms with van der Waals surface area (Å²) in [6, 6.07) is 3.81. The maximum atomic E-state index is 12.9. The van der Waals surface area contributed by atoms with E-state index in [-0.39, 0.29) is 36.3 Å². The van der Waals surface area contributed by atoms with Crippen molar-refractivity contribution in [1.29, 1.82) is 0 Å². The third-order valence-electron chi connectivity index (χ3n) is 2.50. The quantitative estimate of drug-likeness (QED) is 0.824. The molecule has 1 saturated heterocycles. The summed E-state index contributed by atoms with van der Waals surface area (Å²) in [6.45, 7) is 0.183. The van der Waals surface area contributed by atoms with Crippen LogP contribution in [0, 0.1) is 5.82 Å². The van der Waals surface area contributed by atoms with Crippen molar-refractivity contribution >= 4 is 29.1 Å². The molecule has 0 aliphatic carbocycles. The second-order valence-corrected chi connectivity index (χ2v) is 4.08. The number of nitrogens with zero attached hydrogens (tertiary/aromatic N) is 1. The molecule has 6 heteroatoms. The predicted octanol–water partition coefficient (Wildman–Crippen LogP) is 1.33. The molecule has 4 nitrogen and oxygen atoms in total. The summed E-state index contributed by atoms with van der Waals surface area (Å²) in [5.74, 6) is -0.904. The van der Waals surface area contributed by atoms with E-state index in [1.807, 2.05) is 0 Å². The van der Waals surface area contributed by atoms with Crippen LogP contribution in [0.15, 0.2) is 18.2 Å². The molecule has 17 heavy (non-hydrogen) atoms. The summed E-state index contributed by atoms with van der Waals surface area (Å²) in [6.07, 6.45) is 0.208. The Morgan fingerprint density at radius 3 is 2.82 bits per heavy atom. The SMILES string of the molecule is O=C1CCN(c2ccc(F)cc2Cl)C(=O)CN1. The van der Waals surface area contributed by atoms with Crippen LogP contribution in [0.25, 0.3) is 0 Å². The summed E-state index contributed by atoms with van der Waals surface area (Å²) in [4.78, 5) is 24.3. The highest BCUT2D eigenvalue weighted by Crippen LogP contribution is 2.27. The summed E-state index contributed by atoms with van der Waals surface area (Å²) in [5, 5.41) is 2.64. The van der Waals surface area contributed by atoms with Crippen LogP contribution in [0.4, 0.5) is 10.1 Å². The van der Waals surface area contributed by atoms with E-state index in [1.54, 1.807) is 0 Å². The molecule has 0 aromatic heterocycles. The summed E-state index contributed by atoms with van der Waals surface area (Å²) < 4.78 is 12.9. The average molecular weight is 257 g/mol. The van der Waals surface area contributed by atoms with Crippen molar-refractivity contribution in [3.8, 4) is 0 Å². The first-order chi connectivity index (χ1) is 8.08. The second kappa shape index (κ2) is 4.71. The van der Waals surface area contributed by atoms with Crippen LogP contribution in [0.1, 0.15) is 6.42 Å². The van der Waals surface area contributed by atoms with Crippen LogP contribution in [0.5, 0.6) is 0 Å². The molecule has 90 valence electrons. The molecule has 0 radical (unpaired) electrons. The molecular formula is C11H10ClFN2O2. The number of hydrogen-bond donors (Lipinski definition) is 1. The molecule has 2 amide bonds. The van der Waals surface area contributed by atoms with Gasteiger partial charge in [-0.25, -0.2) is 4.39 Å². The third kappa shape index (κ3) is 2.55. The molecule has 2 rings (SSSR count). The lowest BCUT2D eigenvalue weighted by atomic mass is 10.2. The smallest absolute Gasteiger partial charge is 0.246 e. The normalized spacial score (nSPS) is 16.7. The maximum Gasteiger partial charge on any atom is 0.246 e. The highest BCUT2D eigenvalue weighted by atomic mass is 35.5. The first-order valence-electron chi connectivity index (χ1n) is 5.10. The van der Waals surface area contributed by atoms with E-state index in [0.717, 1.165) is 6.07 Å². The van der Waals surface area contributed by atoms with Crippen molar-refractivity contribution in [2.24, 2.45) is 0 Å². The molecule has 0 saturated carbocycles. The molecule has 1 aliphatic rings. The van der Waals surface area contributed by atoms with Crippen LogP contribution in [0.3, 0.4) is 0 Å². The van der Waals surface area contributed by atoms with E-state index < -0.39 is 5.82 Å². The maximum absolute atomic E-state index is 12.9. The summed E-state index contributed by atoms with van der Waals surface area (Å²) in [5.41, 5.74) is 0.426. The van der Waals surface area contributed by atoms with Gasteiger partial charge >= 0.3 is 0 Å². The fourth-order valence-corrected chi connectivity index (χ4v) is 1.92.